The zero-order valence-electron chi connectivity index (χ0n) is 17.5. The number of aromatic nitrogens is 3. The lowest BCUT2D eigenvalue weighted by Gasteiger charge is -2.26. The van der Waals surface area contributed by atoms with Gasteiger partial charge in [0.2, 0.25) is 0 Å². The van der Waals surface area contributed by atoms with Gasteiger partial charge in [0.05, 0.1) is 42.3 Å². The molecule has 30 heavy (non-hydrogen) atoms. The number of anilines is 1. The van der Waals surface area contributed by atoms with Gasteiger partial charge in [-0.3, -0.25) is 14.7 Å². The van der Waals surface area contributed by atoms with Crippen LogP contribution < -0.4 is 19.5 Å². The zero-order chi connectivity index (χ0) is 21.3. The summed E-state index contributed by atoms with van der Waals surface area (Å²) in [6, 6.07) is 8.78. The van der Waals surface area contributed by atoms with Crippen molar-refractivity contribution in [2.75, 3.05) is 19.5 Å². The van der Waals surface area contributed by atoms with Gasteiger partial charge >= 0.3 is 17.5 Å². The molecule has 2 N–H and O–H groups in total. The van der Waals surface area contributed by atoms with Gasteiger partial charge in [-0.2, -0.15) is 5.10 Å². The molecular weight excluding hydrogens is 384 g/mol. The quantitative estimate of drug-likeness (QED) is 0.495. The van der Waals surface area contributed by atoms with Crippen molar-refractivity contribution in [2.45, 2.75) is 38.6 Å². The summed E-state index contributed by atoms with van der Waals surface area (Å²) in [7, 11) is 2.97. The Bertz CT molecular complexity index is 1070. The van der Waals surface area contributed by atoms with Crippen molar-refractivity contribution >= 4 is 22.5 Å². The zero-order valence-corrected chi connectivity index (χ0v) is 17.5. The lowest BCUT2D eigenvalue weighted by molar-refractivity contribution is -0.907. The summed E-state index contributed by atoms with van der Waals surface area (Å²) in [6.07, 6.45) is 6.72. The highest BCUT2D eigenvalue weighted by atomic mass is 16.5. The molecule has 0 aliphatic heterocycles. The third kappa shape index (κ3) is 3.77. The number of rotatable bonds is 5. The monoisotopic (exact) mass is 411 g/mol. The molecule has 3 aromatic rings. The number of ether oxygens (including phenoxy) is 2. The van der Waals surface area contributed by atoms with Gasteiger partial charge in [-0.1, -0.05) is 6.92 Å². The first-order valence-corrected chi connectivity index (χ1v) is 10.2. The second-order valence-corrected chi connectivity index (χ2v) is 7.85. The maximum Gasteiger partial charge on any atom is 0.417 e. The van der Waals surface area contributed by atoms with Gasteiger partial charge in [0.15, 0.2) is 0 Å². The van der Waals surface area contributed by atoms with E-state index in [0.717, 1.165) is 29.7 Å². The predicted octanol–water partition coefficient (Wildman–Crippen LogP) is 3.58. The molecule has 0 bridgehead atoms. The van der Waals surface area contributed by atoms with Crippen molar-refractivity contribution in [3.63, 3.8) is 0 Å². The predicted molar refractivity (Wildman–Crippen MR) is 111 cm³/mol. The summed E-state index contributed by atoms with van der Waals surface area (Å²) in [6.45, 7) is 2.30. The molecule has 8 heteroatoms. The summed E-state index contributed by atoms with van der Waals surface area (Å²) in [4.78, 5) is 12.8. The molecule has 0 radical (unpaired) electrons. The van der Waals surface area contributed by atoms with Gasteiger partial charge in [0.25, 0.3) is 0 Å². The van der Waals surface area contributed by atoms with Crippen molar-refractivity contribution in [3.8, 4) is 11.6 Å². The van der Waals surface area contributed by atoms with Crippen LogP contribution in [0.1, 0.15) is 49.1 Å². The fourth-order valence-corrected chi connectivity index (χ4v) is 4.03. The van der Waals surface area contributed by atoms with E-state index >= 15 is 0 Å². The van der Waals surface area contributed by atoms with Gasteiger partial charge in [-0.05, 0) is 43.7 Å². The van der Waals surface area contributed by atoms with Crippen LogP contribution in [0.2, 0.25) is 0 Å². The molecule has 1 aliphatic carbocycles. The standard InChI is InChI=1S/C22H26N4O4/c1-14-7-9-16(10-8-14)25-13-15-11-18(20(29-2)12-17(15)24-25)23-22(27)19-5-4-6-21(30-3)26(19)28/h4-6,11-14,16H,7-10H2,1-3H3,(H-,23,27,28)/p+1/t14-,16-. The van der Waals surface area contributed by atoms with Crippen molar-refractivity contribution < 1.29 is 24.2 Å². The number of carbonyl (C=O) groups excluding carboxylic acids is 1. The van der Waals surface area contributed by atoms with E-state index in [0.29, 0.717) is 22.2 Å². The van der Waals surface area contributed by atoms with E-state index in [-0.39, 0.29) is 11.6 Å². The van der Waals surface area contributed by atoms with E-state index in [4.69, 9.17) is 14.6 Å². The van der Waals surface area contributed by atoms with Gasteiger partial charge in [0, 0.05) is 23.7 Å². The van der Waals surface area contributed by atoms with E-state index in [1.54, 1.807) is 19.2 Å². The molecule has 1 fully saturated rings. The molecule has 158 valence electrons. The van der Waals surface area contributed by atoms with E-state index in [9.17, 15) is 10.0 Å². The number of hydrogen-bond acceptors (Lipinski definition) is 5. The van der Waals surface area contributed by atoms with E-state index in [1.165, 1.54) is 26.0 Å². The number of hydrogen-bond donors (Lipinski definition) is 2. The summed E-state index contributed by atoms with van der Waals surface area (Å²) in [5.41, 5.74) is 1.38. The molecule has 1 amide bonds. The molecule has 0 unspecified atom stereocenters. The second kappa shape index (κ2) is 8.22. The van der Waals surface area contributed by atoms with Crippen molar-refractivity contribution in [2.24, 2.45) is 5.92 Å². The minimum absolute atomic E-state index is 0.0449. The Hall–Kier alpha value is -3.29. The lowest BCUT2D eigenvalue weighted by Crippen LogP contribution is -2.40. The van der Waals surface area contributed by atoms with Crippen molar-refractivity contribution in [3.05, 3.63) is 42.2 Å². The Kier molecular flexibility index (Phi) is 5.48. The fourth-order valence-electron chi connectivity index (χ4n) is 4.03. The molecule has 0 atom stereocenters. The van der Waals surface area contributed by atoms with Crippen LogP contribution in [0.4, 0.5) is 5.69 Å². The number of fused-ring (bicyclic) bond motifs is 1. The van der Waals surface area contributed by atoms with Gasteiger partial charge in [-0.15, -0.1) is 0 Å². The average Bonchev–Trinajstić information content (AvgIpc) is 3.16. The number of benzene rings is 1. The van der Waals surface area contributed by atoms with Gasteiger partial charge < -0.3 is 14.8 Å². The van der Waals surface area contributed by atoms with Crippen LogP contribution in [-0.4, -0.2) is 35.1 Å². The SMILES string of the molecule is COc1cc2nn([C@H]3CC[C@H](C)CC3)cc2cc1NC(=O)c1cccc(OC)[n+]1O. The molecule has 0 spiro atoms. The highest BCUT2D eigenvalue weighted by molar-refractivity contribution is 6.04. The normalized spacial score (nSPS) is 18.9. The summed E-state index contributed by atoms with van der Waals surface area (Å²) >= 11 is 0. The fraction of sp³-hybridized carbons (Fsp3) is 0.409. The molecule has 1 aliphatic rings. The largest absolute Gasteiger partial charge is 0.494 e. The second-order valence-electron chi connectivity index (χ2n) is 7.85. The van der Waals surface area contributed by atoms with Crippen LogP contribution in [-0.2, 0) is 0 Å². The third-order valence-corrected chi connectivity index (χ3v) is 5.82. The smallest absolute Gasteiger partial charge is 0.417 e. The molecule has 1 saturated carbocycles. The Morgan fingerprint density at radius 1 is 1.20 bits per heavy atom. The maximum absolute atomic E-state index is 12.8. The molecule has 4 rings (SSSR count). The minimum Gasteiger partial charge on any atom is -0.494 e. The number of amides is 1. The minimum atomic E-state index is -0.484. The first-order valence-electron chi connectivity index (χ1n) is 10.2. The van der Waals surface area contributed by atoms with Crippen LogP contribution in [0.25, 0.3) is 10.9 Å². The van der Waals surface area contributed by atoms with Gasteiger partial charge in [0.1, 0.15) is 5.75 Å². The van der Waals surface area contributed by atoms with Crippen LogP contribution in [0, 0.1) is 5.92 Å². The molecule has 2 aromatic heterocycles. The Morgan fingerprint density at radius 3 is 2.67 bits per heavy atom. The van der Waals surface area contributed by atoms with Crippen molar-refractivity contribution in [1.29, 1.82) is 0 Å². The molecule has 0 saturated heterocycles. The van der Waals surface area contributed by atoms with Crippen LogP contribution in [0.5, 0.6) is 11.6 Å². The molecular formula is C22H27N4O4+. The summed E-state index contributed by atoms with van der Waals surface area (Å²) in [5.74, 6) is 0.959. The third-order valence-electron chi connectivity index (χ3n) is 5.82. The lowest BCUT2D eigenvalue weighted by atomic mass is 9.87. The highest BCUT2D eigenvalue weighted by Crippen LogP contribution is 2.34. The molecule has 8 nitrogen and oxygen atoms in total. The van der Waals surface area contributed by atoms with Gasteiger partial charge in [-0.25, -0.2) is 0 Å². The van der Waals surface area contributed by atoms with E-state index in [1.807, 2.05) is 23.0 Å². The number of pyridine rings is 1. The number of carbonyl (C=O) groups is 1. The number of nitrogens with one attached hydrogen (secondary N) is 1. The van der Waals surface area contributed by atoms with E-state index in [2.05, 4.69) is 12.2 Å². The Balaban J connectivity index is 1.63. The summed E-state index contributed by atoms with van der Waals surface area (Å²) in [5, 5.41) is 18.7. The molecule has 2 heterocycles. The average molecular weight is 411 g/mol. The van der Waals surface area contributed by atoms with Crippen molar-refractivity contribution in [1.82, 2.24) is 9.78 Å². The first kappa shape index (κ1) is 20.0. The van der Waals surface area contributed by atoms with Crippen LogP contribution >= 0.6 is 0 Å². The maximum atomic E-state index is 12.8. The van der Waals surface area contributed by atoms with E-state index < -0.39 is 5.91 Å². The van der Waals surface area contributed by atoms with Crippen LogP contribution in [0.3, 0.4) is 0 Å². The Labute approximate surface area is 175 Å². The number of methoxy groups -OCH3 is 2. The Morgan fingerprint density at radius 2 is 1.97 bits per heavy atom. The molecule has 1 aromatic carbocycles. The highest BCUT2D eigenvalue weighted by Gasteiger charge is 2.26. The first-order chi connectivity index (χ1) is 14.5. The topological polar surface area (TPSA) is 89.5 Å². The summed E-state index contributed by atoms with van der Waals surface area (Å²) < 4.78 is 13.3. The number of nitrogens with zero attached hydrogens (tertiary/aromatic N) is 3. The van der Waals surface area contributed by atoms with Crippen LogP contribution in [0.15, 0.2) is 36.5 Å².